The quantitative estimate of drug-likeness (QED) is 0.539. The molecule has 0 N–H and O–H groups in total. The average Bonchev–Trinajstić information content (AvgIpc) is 1.69. The van der Waals surface area contributed by atoms with Gasteiger partial charge in [-0.1, -0.05) is 0 Å². The first-order valence-corrected chi connectivity index (χ1v) is 9.44. The van der Waals surface area contributed by atoms with Crippen LogP contribution in [-0.4, -0.2) is 16.9 Å². The molecule has 7 heavy (non-hydrogen) atoms. The molecule has 0 aromatic carbocycles. The van der Waals surface area contributed by atoms with Crippen molar-refractivity contribution in [2.75, 3.05) is 0 Å². The second-order valence-electron chi connectivity index (χ2n) is 1.30. The Morgan fingerprint density at radius 1 is 1.14 bits per heavy atom. The van der Waals surface area contributed by atoms with E-state index in [1.54, 1.807) is 0 Å². The summed E-state index contributed by atoms with van der Waals surface area (Å²) in [6, 6.07) is 0. The van der Waals surface area contributed by atoms with Crippen LogP contribution in [0.5, 0.6) is 0 Å². The molecule has 1 heterocycles. The van der Waals surface area contributed by atoms with Crippen molar-refractivity contribution < 1.29 is 0 Å². The van der Waals surface area contributed by atoms with Crippen molar-refractivity contribution in [1.82, 2.24) is 0 Å². The molecule has 1 aliphatic heterocycles. The SMILES string of the molecule is [Br][Ge]1=[CH]C=CC=[CH]1. The molecule has 0 unspecified atom stereocenters. The first-order chi connectivity index (χ1) is 3.39. The molecular formula is C5H5BrGe. The van der Waals surface area contributed by atoms with Crippen LogP contribution in [0, 0.1) is 0 Å². The summed E-state index contributed by atoms with van der Waals surface area (Å²) in [5.74, 6) is 0. The zero-order valence-corrected chi connectivity index (χ0v) is 7.45. The van der Waals surface area contributed by atoms with Crippen LogP contribution in [-0.2, 0) is 0 Å². The second-order valence-corrected chi connectivity index (χ2v) is 9.07. The molecule has 0 radical (unpaired) electrons. The van der Waals surface area contributed by atoms with Gasteiger partial charge in [0.15, 0.2) is 0 Å². The molecule has 0 spiro atoms. The summed E-state index contributed by atoms with van der Waals surface area (Å²) >= 11 is 2.66. The van der Waals surface area contributed by atoms with E-state index in [-0.39, 0.29) is 0 Å². The molecule has 36 valence electrons. The Labute approximate surface area is 54.2 Å². The first-order valence-electron chi connectivity index (χ1n) is 2.10. The Morgan fingerprint density at radius 3 is 2.29 bits per heavy atom. The van der Waals surface area contributed by atoms with Crippen LogP contribution in [0.15, 0.2) is 23.1 Å². The Morgan fingerprint density at radius 2 is 2.00 bits per heavy atom. The number of hydrogen-bond donors (Lipinski definition) is 0. The molecule has 0 fully saturated rings. The molecule has 2 heteroatoms. The summed E-state index contributed by atoms with van der Waals surface area (Å²) in [6.07, 6.45) is 6.26. The third-order valence-corrected chi connectivity index (χ3v) is 5.62. The Hall–Kier alpha value is 0.373. The van der Waals surface area contributed by atoms with Crippen LogP contribution in [0.3, 0.4) is 0 Å². The van der Waals surface area contributed by atoms with Crippen LogP contribution in [0.4, 0.5) is 0 Å². The van der Waals surface area contributed by atoms with E-state index in [1.807, 2.05) is 0 Å². The van der Waals surface area contributed by atoms with Gasteiger partial charge in [-0.15, -0.1) is 0 Å². The van der Waals surface area contributed by atoms with Gasteiger partial charge in [0.2, 0.25) is 0 Å². The molecule has 0 nitrogen and oxygen atoms in total. The number of allylic oxidation sites excluding steroid dienone is 3. The van der Waals surface area contributed by atoms with Crippen LogP contribution in [0.25, 0.3) is 0 Å². The molecule has 0 aliphatic carbocycles. The number of hydrogen-bond acceptors (Lipinski definition) is 0. The van der Waals surface area contributed by atoms with Gasteiger partial charge in [0.25, 0.3) is 0 Å². The van der Waals surface area contributed by atoms with Crippen molar-refractivity contribution >= 4 is 30.9 Å². The van der Waals surface area contributed by atoms with Crippen molar-refractivity contribution in [3.8, 4) is 0 Å². The third kappa shape index (κ3) is 1.74. The van der Waals surface area contributed by atoms with Crippen molar-refractivity contribution in [3.63, 3.8) is 0 Å². The standard InChI is InChI=1S/C5H5BrGe/c6-7-4-2-1-3-5-7/h1-5H. The molecule has 0 aromatic rings. The van der Waals surface area contributed by atoms with E-state index in [4.69, 9.17) is 0 Å². The summed E-state index contributed by atoms with van der Waals surface area (Å²) in [4.78, 5) is 4.50. The van der Waals surface area contributed by atoms with Gasteiger partial charge < -0.3 is 0 Å². The molecule has 1 aliphatic rings. The van der Waals surface area contributed by atoms with Crippen molar-refractivity contribution in [1.29, 1.82) is 0 Å². The van der Waals surface area contributed by atoms with Crippen molar-refractivity contribution in [2.24, 2.45) is 0 Å². The molecule has 0 atom stereocenters. The molecule has 0 saturated heterocycles. The second kappa shape index (κ2) is 2.62. The van der Waals surface area contributed by atoms with Gasteiger partial charge >= 0.3 is 54.1 Å². The molecular weight excluding hydrogens is 213 g/mol. The van der Waals surface area contributed by atoms with Gasteiger partial charge in [-0.25, -0.2) is 0 Å². The zero-order chi connectivity index (χ0) is 5.11. The van der Waals surface area contributed by atoms with E-state index < -0.39 is 12.1 Å². The van der Waals surface area contributed by atoms with Gasteiger partial charge in [-0.2, -0.15) is 0 Å². The molecule has 0 amide bonds. The van der Waals surface area contributed by atoms with E-state index in [9.17, 15) is 0 Å². The van der Waals surface area contributed by atoms with Gasteiger partial charge in [0, 0.05) is 0 Å². The average molecular weight is 218 g/mol. The molecule has 0 bridgehead atoms. The monoisotopic (exact) mass is 218 g/mol. The minimum atomic E-state index is -0.900. The summed E-state index contributed by atoms with van der Waals surface area (Å²) in [6.45, 7) is 0. The first kappa shape index (κ1) is 5.51. The normalized spacial score (nSPS) is 17.0. The van der Waals surface area contributed by atoms with Crippen LogP contribution in [0.2, 0.25) is 0 Å². The van der Waals surface area contributed by atoms with E-state index in [0.717, 1.165) is 0 Å². The van der Waals surface area contributed by atoms with Gasteiger partial charge in [0.1, 0.15) is 0 Å². The maximum absolute atomic E-state index is 3.56. The van der Waals surface area contributed by atoms with Gasteiger partial charge in [-0.3, -0.25) is 0 Å². The predicted molar refractivity (Wildman–Crippen MR) is 39.0 cm³/mol. The molecule has 0 saturated carbocycles. The van der Waals surface area contributed by atoms with E-state index in [0.29, 0.717) is 0 Å². The summed E-state index contributed by atoms with van der Waals surface area (Å²) < 4.78 is 0. The van der Waals surface area contributed by atoms with Gasteiger partial charge in [-0.05, 0) is 0 Å². The zero-order valence-electron chi connectivity index (χ0n) is 3.76. The fraction of sp³-hybridized carbons (Fsp3) is 0. The van der Waals surface area contributed by atoms with Crippen molar-refractivity contribution in [2.45, 2.75) is 0 Å². The number of rotatable bonds is 0. The topological polar surface area (TPSA) is 0 Å². The van der Waals surface area contributed by atoms with E-state index >= 15 is 0 Å². The van der Waals surface area contributed by atoms with Crippen molar-refractivity contribution in [3.05, 3.63) is 23.1 Å². The molecule has 1 rings (SSSR count). The summed E-state index contributed by atoms with van der Waals surface area (Å²) in [5, 5.41) is 0. The predicted octanol–water partition coefficient (Wildman–Crippen LogP) is 1.42. The third-order valence-electron chi connectivity index (χ3n) is 0.733. The van der Waals surface area contributed by atoms with Crippen LogP contribution < -0.4 is 0 Å². The van der Waals surface area contributed by atoms with Crippen LogP contribution in [0.1, 0.15) is 0 Å². The van der Waals surface area contributed by atoms with E-state index in [1.165, 1.54) is 0 Å². The fourth-order valence-corrected chi connectivity index (χ4v) is 3.47. The Bertz CT molecular complexity index is 144. The fourth-order valence-electron chi connectivity index (χ4n) is 0.415. The maximum atomic E-state index is 3.56. The Balaban J connectivity index is 2.82. The molecule has 0 aromatic heterocycles. The van der Waals surface area contributed by atoms with Gasteiger partial charge in [0.05, 0.1) is 0 Å². The summed E-state index contributed by atoms with van der Waals surface area (Å²) in [5.41, 5.74) is 0. The Kier molecular flexibility index (Phi) is 2.07. The van der Waals surface area contributed by atoms with E-state index in [2.05, 4.69) is 42.0 Å². The van der Waals surface area contributed by atoms with Crippen LogP contribution >= 0.6 is 14.0 Å². The minimum absolute atomic E-state index is 0.900. The summed E-state index contributed by atoms with van der Waals surface area (Å²) in [7, 11) is 0. The number of halogens is 1.